The van der Waals surface area contributed by atoms with E-state index in [-0.39, 0.29) is 12.1 Å². The van der Waals surface area contributed by atoms with Gasteiger partial charge in [-0.3, -0.25) is 4.79 Å². The van der Waals surface area contributed by atoms with E-state index in [0.29, 0.717) is 6.42 Å². The third-order valence-electron chi connectivity index (χ3n) is 3.03. The summed E-state index contributed by atoms with van der Waals surface area (Å²) >= 11 is 0. The van der Waals surface area contributed by atoms with Gasteiger partial charge in [-0.2, -0.15) is 0 Å². The van der Waals surface area contributed by atoms with Crippen molar-refractivity contribution in [2.24, 2.45) is 0 Å². The summed E-state index contributed by atoms with van der Waals surface area (Å²) in [6.07, 6.45) is 11.3. The predicted octanol–water partition coefficient (Wildman–Crippen LogP) is 4.86. The summed E-state index contributed by atoms with van der Waals surface area (Å²) in [5, 5.41) is 0. The smallest absolute Gasteiger partial charge is 0.306 e. The third kappa shape index (κ3) is 11.7. The van der Waals surface area contributed by atoms with Crippen LogP contribution in [-0.2, 0) is 9.53 Å². The average molecular weight is 242 g/mol. The minimum absolute atomic E-state index is 0.00880. The Labute approximate surface area is 107 Å². The van der Waals surface area contributed by atoms with Gasteiger partial charge in [0.2, 0.25) is 0 Å². The Balaban J connectivity index is 3.37. The highest BCUT2D eigenvalue weighted by Gasteiger charge is 2.08. The van der Waals surface area contributed by atoms with Crippen LogP contribution in [0.5, 0.6) is 0 Å². The number of hydrogen-bond donors (Lipinski definition) is 0. The molecule has 0 heterocycles. The highest BCUT2D eigenvalue weighted by Crippen LogP contribution is 2.10. The minimum Gasteiger partial charge on any atom is -0.463 e. The SMILES string of the molecule is CCCCCCCC(=O)O[C@@H](C)CCCCC. The van der Waals surface area contributed by atoms with Crippen LogP contribution in [0.4, 0.5) is 0 Å². The zero-order chi connectivity index (χ0) is 12.9. The summed E-state index contributed by atoms with van der Waals surface area (Å²) in [6.45, 7) is 6.39. The topological polar surface area (TPSA) is 26.3 Å². The number of carbonyl (C=O) groups is 1. The molecule has 0 aromatic rings. The molecule has 0 saturated heterocycles. The van der Waals surface area contributed by atoms with Gasteiger partial charge in [-0.05, 0) is 26.2 Å². The second-order valence-corrected chi connectivity index (χ2v) is 4.96. The second-order valence-electron chi connectivity index (χ2n) is 4.96. The van der Waals surface area contributed by atoms with Crippen LogP contribution in [0.1, 0.15) is 85.0 Å². The molecule has 2 heteroatoms. The first kappa shape index (κ1) is 16.5. The summed E-state index contributed by atoms with van der Waals surface area (Å²) in [7, 11) is 0. The lowest BCUT2D eigenvalue weighted by Crippen LogP contribution is -2.14. The Morgan fingerprint density at radius 2 is 1.53 bits per heavy atom. The van der Waals surface area contributed by atoms with E-state index in [1.165, 1.54) is 38.5 Å². The summed E-state index contributed by atoms with van der Waals surface area (Å²) < 4.78 is 5.36. The van der Waals surface area contributed by atoms with Crippen molar-refractivity contribution >= 4 is 5.97 Å². The number of rotatable bonds is 11. The van der Waals surface area contributed by atoms with Crippen molar-refractivity contribution < 1.29 is 9.53 Å². The van der Waals surface area contributed by atoms with Crippen molar-refractivity contribution in [3.05, 3.63) is 0 Å². The van der Waals surface area contributed by atoms with Crippen molar-refractivity contribution in [2.45, 2.75) is 91.1 Å². The Kier molecular flexibility index (Phi) is 11.6. The normalized spacial score (nSPS) is 12.4. The van der Waals surface area contributed by atoms with E-state index in [1.54, 1.807) is 0 Å². The van der Waals surface area contributed by atoms with Gasteiger partial charge in [0, 0.05) is 6.42 Å². The predicted molar refractivity (Wildman–Crippen MR) is 73.1 cm³/mol. The molecule has 0 N–H and O–H groups in total. The maximum atomic E-state index is 11.5. The molecule has 0 aromatic carbocycles. The Morgan fingerprint density at radius 3 is 2.18 bits per heavy atom. The number of esters is 1. The number of unbranched alkanes of at least 4 members (excludes halogenated alkanes) is 6. The van der Waals surface area contributed by atoms with E-state index in [2.05, 4.69) is 13.8 Å². The quantitative estimate of drug-likeness (QED) is 0.382. The molecule has 0 aromatic heterocycles. The largest absolute Gasteiger partial charge is 0.463 e. The van der Waals surface area contributed by atoms with Gasteiger partial charge in [-0.1, -0.05) is 52.4 Å². The monoisotopic (exact) mass is 242 g/mol. The van der Waals surface area contributed by atoms with Crippen molar-refractivity contribution in [1.82, 2.24) is 0 Å². The van der Waals surface area contributed by atoms with E-state index >= 15 is 0 Å². The summed E-state index contributed by atoms with van der Waals surface area (Å²) in [5.41, 5.74) is 0. The molecule has 2 nitrogen and oxygen atoms in total. The van der Waals surface area contributed by atoms with E-state index in [4.69, 9.17) is 4.74 Å². The van der Waals surface area contributed by atoms with E-state index in [9.17, 15) is 4.79 Å². The van der Waals surface area contributed by atoms with Crippen LogP contribution < -0.4 is 0 Å². The molecule has 102 valence electrons. The first-order valence-corrected chi connectivity index (χ1v) is 7.40. The fourth-order valence-electron chi connectivity index (χ4n) is 1.90. The average Bonchev–Trinajstić information content (AvgIpc) is 2.29. The van der Waals surface area contributed by atoms with E-state index in [1.807, 2.05) is 6.92 Å². The highest BCUT2D eigenvalue weighted by atomic mass is 16.5. The molecule has 0 bridgehead atoms. The van der Waals surface area contributed by atoms with Gasteiger partial charge in [0.05, 0.1) is 6.10 Å². The fourth-order valence-corrected chi connectivity index (χ4v) is 1.90. The Bertz CT molecular complexity index is 178. The van der Waals surface area contributed by atoms with Crippen LogP contribution in [0.25, 0.3) is 0 Å². The van der Waals surface area contributed by atoms with Gasteiger partial charge in [0.1, 0.15) is 0 Å². The molecule has 0 aliphatic heterocycles. The third-order valence-corrected chi connectivity index (χ3v) is 3.03. The van der Waals surface area contributed by atoms with Crippen LogP contribution in [0, 0.1) is 0 Å². The van der Waals surface area contributed by atoms with Gasteiger partial charge in [-0.25, -0.2) is 0 Å². The standard InChI is InChI=1S/C15H30O2/c1-4-6-8-9-11-13-15(16)17-14(3)12-10-7-5-2/h14H,4-13H2,1-3H3/t14-/m0/s1. The molecule has 17 heavy (non-hydrogen) atoms. The maximum Gasteiger partial charge on any atom is 0.306 e. The molecule has 1 atom stereocenters. The molecule has 0 rings (SSSR count). The minimum atomic E-state index is -0.00880. The second kappa shape index (κ2) is 11.9. The number of carbonyl (C=O) groups excluding carboxylic acids is 1. The summed E-state index contributed by atoms with van der Waals surface area (Å²) in [4.78, 5) is 11.5. The lowest BCUT2D eigenvalue weighted by Gasteiger charge is -2.12. The van der Waals surface area contributed by atoms with Gasteiger partial charge < -0.3 is 4.74 Å². The van der Waals surface area contributed by atoms with Crippen molar-refractivity contribution in [3.63, 3.8) is 0 Å². The Hall–Kier alpha value is -0.530. The number of ether oxygens (including phenoxy) is 1. The zero-order valence-corrected chi connectivity index (χ0v) is 12.0. The number of hydrogen-bond acceptors (Lipinski definition) is 2. The van der Waals surface area contributed by atoms with Crippen molar-refractivity contribution in [1.29, 1.82) is 0 Å². The molecule has 0 unspecified atom stereocenters. The molecule has 0 spiro atoms. The van der Waals surface area contributed by atoms with Gasteiger partial charge in [-0.15, -0.1) is 0 Å². The fraction of sp³-hybridized carbons (Fsp3) is 0.933. The molecule has 0 aliphatic carbocycles. The summed E-state index contributed by atoms with van der Waals surface area (Å²) in [5.74, 6) is -0.00880. The molecule has 0 radical (unpaired) electrons. The zero-order valence-electron chi connectivity index (χ0n) is 12.0. The highest BCUT2D eigenvalue weighted by molar-refractivity contribution is 5.69. The molecule has 0 amide bonds. The Morgan fingerprint density at radius 1 is 0.941 bits per heavy atom. The first-order valence-electron chi connectivity index (χ1n) is 7.40. The van der Waals surface area contributed by atoms with Gasteiger partial charge >= 0.3 is 5.97 Å². The molecule has 0 aliphatic rings. The van der Waals surface area contributed by atoms with Crippen molar-refractivity contribution in [3.8, 4) is 0 Å². The van der Waals surface area contributed by atoms with Gasteiger partial charge in [0.15, 0.2) is 0 Å². The maximum absolute atomic E-state index is 11.5. The van der Waals surface area contributed by atoms with Crippen LogP contribution in [-0.4, -0.2) is 12.1 Å². The first-order chi connectivity index (χ1) is 8.20. The van der Waals surface area contributed by atoms with Crippen LogP contribution in [0.15, 0.2) is 0 Å². The van der Waals surface area contributed by atoms with Crippen LogP contribution in [0.3, 0.4) is 0 Å². The molecule has 0 saturated carbocycles. The molecular formula is C15H30O2. The molecule has 0 fully saturated rings. The lowest BCUT2D eigenvalue weighted by atomic mass is 10.1. The van der Waals surface area contributed by atoms with E-state index < -0.39 is 0 Å². The van der Waals surface area contributed by atoms with Gasteiger partial charge in [0.25, 0.3) is 0 Å². The van der Waals surface area contributed by atoms with E-state index in [0.717, 1.165) is 19.3 Å². The molecular weight excluding hydrogens is 212 g/mol. The van der Waals surface area contributed by atoms with Crippen LogP contribution >= 0.6 is 0 Å². The van der Waals surface area contributed by atoms with Crippen LogP contribution in [0.2, 0.25) is 0 Å². The lowest BCUT2D eigenvalue weighted by molar-refractivity contribution is -0.148. The summed E-state index contributed by atoms with van der Waals surface area (Å²) in [6, 6.07) is 0. The van der Waals surface area contributed by atoms with Crippen molar-refractivity contribution in [2.75, 3.05) is 0 Å².